The largest absolute Gasteiger partial charge is 0.481 e. The Bertz CT molecular complexity index is 575. The van der Waals surface area contributed by atoms with Crippen molar-refractivity contribution in [3.8, 4) is 0 Å². The predicted molar refractivity (Wildman–Crippen MR) is 89.8 cm³/mol. The Morgan fingerprint density at radius 3 is 2.78 bits per heavy atom. The van der Waals surface area contributed by atoms with Crippen LogP contribution in [0.2, 0.25) is 0 Å². The summed E-state index contributed by atoms with van der Waals surface area (Å²) in [7, 11) is 0. The third kappa shape index (κ3) is 3.92. The Kier molecular flexibility index (Phi) is 4.51. The number of carboxylic acids is 1. The van der Waals surface area contributed by atoms with Crippen molar-refractivity contribution in [2.75, 3.05) is 13.1 Å². The van der Waals surface area contributed by atoms with Crippen molar-refractivity contribution in [2.45, 2.75) is 70.1 Å². The SMILES string of the molecule is CC(C)(C)c1ncc(CN2CC(CC(=O)O)OC3(CCC3)C2)s1. The van der Waals surface area contributed by atoms with Crippen molar-refractivity contribution in [1.82, 2.24) is 9.88 Å². The molecule has 6 heteroatoms. The van der Waals surface area contributed by atoms with Gasteiger partial charge >= 0.3 is 5.97 Å². The van der Waals surface area contributed by atoms with Gasteiger partial charge in [0.1, 0.15) is 0 Å². The van der Waals surface area contributed by atoms with Crippen LogP contribution in [-0.4, -0.2) is 45.8 Å². The van der Waals surface area contributed by atoms with Crippen LogP contribution in [-0.2, 0) is 21.5 Å². The van der Waals surface area contributed by atoms with E-state index in [1.165, 1.54) is 11.3 Å². The molecule has 2 aliphatic rings. The second-order valence-electron chi connectivity index (χ2n) is 7.93. The molecular weight excluding hydrogens is 312 g/mol. The molecule has 3 rings (SSSR count). The zero-order valence-corrected chi connectivity index (χ0v) is 15.0. The van der Waals surface area contributed by atoms with E-state index in [1.807, 2.05) is 6.20 Å². The molecule has 1 aliphatic carbocycles. The first kappa shape index (κ1) is 16.9. The zero-order valence-electron chi connectivity index (χ0n) is 14.2. The van der Waals surface area contributed by atoms with Crippen molar-refractivity contribution in [3.63, 3.8) is 0 Å². The van der Waals surface area contributed by atoms with Crippen molar-refractivity contribution in [3.05, 3.63) is 16.1 Å². The number of carboxylic acid groups (broad SMARTS) is 1. The van der Waals surface area contributed by atoms with Gasteiger partial charge in [0.2, 0.25) is 0 Å². The van der Waals surface area contributed by atoms with Crippen molar-refractivity contribution >= 4 is 17.3 Å². The quantitative estimate of drug-likeness (QED) is 0.914. The highest BCUT2D eigenvalue weighted by Crippen LogP contribution is 2.41. The summed E-state index contributed by atoms with van der Waals surface area (Å²) in [5.74, 6) is -0.779. The first-order chi connectivity index (χ1) is 10.8. The summed E-state index contributed by atoms with van der Waals surface area (Å²) < 4.78 is 6.11. The fraction of sp³-hybridized carbons (Fsp3) is 0.765. The smallest absolute Gasteiger partial charge is 0.306 e. The molecule has 1 N–H and O–H groups in total. The second-order valence-corrected chi connectivity index (χ2v) is 9.04. The Labute approximate surface area is 141 Å². The van der Waals surface area contributed by atoms with Gasteiger partial charge in [0.15, 0.2) is 0 Å². The summed E-state index contributed by atoms with van der Waals surface area (Å²) in [6, 6.07) is 0. The molecule has 2 fully saturated rings. The van der Waals surface area contributed by atoms with Gasteiger partial charge in [-0.15, -0.1) is 11.3 Å². The van der Waals surface area contributed by atoms with Crippen LogP contribution in [0.15, 0.2) is 6.20 Å². The van der Waals surface area contributed by atoms with Gasteiger partial charge in [-0.05, 0) is 19.3 Å². The minimum Gasteiger partial charge on any atom is -0.481 e. The summed E-state index contributed by atoms with van der Waals surface area (Å²) in [5, 5.41) is 10.2. The van der Waals surface area contributed by atoms with Gasteiger partial charge in [0, 0.05) is 36.1 Å². The summed E-state index contributed by atoms with van der Waals surface area (Å²) in [4.78, 5) is 19.2. The molecule has 0 radical (unpaired) electrons. The van der Waals surface area contributed by atoms with E-state index < -0.39 is 5.97 Å². The highest BCUT2D eigenvalue weighted by atomic mass is 32.1. The second kappa shape index (κ2) is 6.15. The molecule has 0 bridgehead atoms. The molecule has 0 amide bonds. The lowest BCUT2D eigenvalue weighted by molar-refractivity contribution is -0.196. The molecule has 1 aliphatic heterocycles. The monoisotopic (exact) mass is 338 g/mol. The lowest BCUT2D eigenvalue weighted by atomic mass is 9.78. The van der Waals surface area contributed by atoms with E-state index in [4.69, 9.17) is 9.84 Å². The van der Waals surface area contributed by atoms with Crippen LogP contribution in [0.1, 0.15) is 56.3 Å². The minimum absolute atomic E-state index is 0.0783. The van der Waals surface area contributed by atoms with E-state index in [0.717, 1.165) is 30.9 Å². The maximum absolute atomic E-state index is 11.1. The van der Waals surface area contributed by atoms with Crippen molar-refractivity contribution in [1.29, 1.82) is 0 Å². The third-order valence-electron chi connectivity index (χ3n) is 4.63. The number of ether oxygens (including phenoxy) is 1. The van der Waals surface area contributed by atoms with Crippen molar-refractivity contribution in [2.24, 2.45) is 0 Å². The molecule has 1 aromatic heterocycles. The van der Waals surface area contributed by atoms with Crippen LogP contribution in [0.25, 0.3) is 0 Å². The number of aromatic nitrogens is 1. The number of hydrogen-bond donors (Lipinski definition) is 1. The van der Waals surface area contributed by atoms with Crippen LogP contribution >= 0.6 is 11.3 Å². The lowest BCUT2D eigenvalue weighted by Crippen LogP contribution is -2.58. The zero-order chi connectivity index (χ0) is 16.7. The van der Waals surface area contributed by atoms with Gasteiger partial charge in [0.05, 0.1) is 23.1 Å². The summed E-state index contributed by atoms with van der Waals surface area (Å²) >= 11 is 1.76. The predicted octanol–water partition coefficient (Wildman–Crippen LogP) is 3.04. The number of thiazole rings is 1. The molecule has 1 aromatic rings. The van der Waals surface area contributed by atoms with Crippen LogP contribution in [0.4, 0.5) is 0 Å². The van der Waals surface area contributed by atoms with Crippen LogP contribution in [0.3, 0.4) is 0 Å². The molecule has 0 aromatic carbocycles. The van der Waals surface area contributed by atoms with Gasteiger partial charge in [-0.2, -0.15) is 0 Å². The fourth-order valence-electron chi connectivity index (χ4n) is 3.40. The number of morpholine rings is 1. The topological polar surface area (TPSA) is 62.7 Å². The van der Waals surface area contributed by atoms with Gasteiger partial charge in [0.25, 0.3) is 0 Å². The molecular formula is C17H26N2O3S. The molecule has 1 atom stereocenters. The lowest BCUT2D eigenvalue weighted by Gasteiger charge is -2.51. The Balaban J connectivity index is 1.68. The van der Waals surface area contributed by atoms with E-state index in [2.05, 4.69) is 30.7 Å². The van der Waals surface area contributed by atoms with Gasteiger partial charge in [-0.25, -0.2) is 4.98 Å². The average Bonchev–Trinajstić information content (AvgIpc) is 2.84. The Morgan fingerprint density at radius 2 is 2.26 bits per heavy atom. The Morgan fingerprint density at radius 1 is 1.52 bits per heavy atom. The molecule has 1 saturated heterocycles. The van der Waals surface area contributed by atoms with E-state index >= 15 is 0 Å². The number of rotatable bonds is 4. The Hall–Kier alpha value is -0.980. The first-order valence-corrected chi connectivity index (χ1v) is 9.15. The average molecular weight is 338 g/mol. The van der Waals surface area contributed by atoms with Crippen molar-refractivity contribution < 1.29 is 14.6 Å². The summed E-state index contributed by atoms with van der Waals surface area (Å²) in [5.41, 5.74) is -0.0229. The third-order valence-corrected chi connectivity index (χ3v) is 6.04. The highest BCUT2D eigenvalue weighted by Gasteiger charge is 2.45. The highest BCUT2D eigenvalue weighted by molar-refractivity contribution is 7.11. The van der Waals surface area contributed by atoms with E-state index in [1.54, 1.807) is 11.3 Å². The minimum atomic E-state index is -0.779. The molecule has 1 unspecified atom stereocenters. The molecule has 1 saturated carbocycles. The number of nitrogens with zero attached hydrogens (tertiary/aromatic N) is 2. The maximum Gasteiger partial charge on any atom is 0.306 e. The summed E-state index contributed by atoms with van der Waals surface area (Å²) in [6.07, 6.45) is 5.15. The van der Waals surface area contributed by atoms with Crippen LogP contribution < -0.4 is 0 Å². The van der Waals surface area contributed by atoms with E-state index in [-0.39, 0.29) is 23.5 Å². The number of hydrogen-bond acceptors (Lipinski definition) is 5. The normalized spacial score (nSPS) is 24.6. The number of carbonyl (C=O) groups is 1. The van der Waals surface area contributed by atoms with Gasteiger partial charge in [-0.1, -0.05) is 20.8 Å². The molecule has 2 heterocycles. The van der Waals surface area contributed by atoms with Gasteiger partial charge in [-0.3, -0.25) is 9.69 Å². The fourth-order valence-corrected chi connectivity index (χ4v) is 4.42. The standard InChI is InChI=1S/C17H26N2O3S/c1-16(2,3)15-18-8-13(23-15)10-19-9-12(7-14(20)21)22-17(11-19)5-4-6-17/h8,12H,4-7,9-11H2,1-3H3,(H,20,21). The molecule has 5 nitrogen and oxygen atoms in total. The molecule has 23 heavy (non-hydrogen) atoms. The maximum atomic E-state index is 11.1. The van der Waals surface area contributed by atoms with Gasteiger partial charge < -0.3 is 9.84 Å². The molecule has 1 spiro atoms. The van der Waals surface area contributed by atoms with E-state index in [0.29, 0.717) is 6.54 Å². The van der Waals surface area contributed by atoms with Crippen LogP contribution in [0, 0.1) is 0 Å². The molecule has 128 valence electrons. The number of aliphatic carboxylic acids is 1. The van der Waals surface area contributed by atoms with Crippen LogP contribution in [0.5, 0.6) is 0 Å². The van der Waals surface area contributed by atoms with E-state index in [9.17, 15) is 4.79 Å². The first-order valence-electron chi connectivity index (χ1n) is 8.33. The summed E-state index contributed by atoms with van der Waals surface area (Å²) in [6.45, 7) is 8.97.